The Balaban J connectivity index is 1.89. The van der Waals surface area contributed by atoms with E-state index in [4.69, 9.17) is 0 Å². The number of hydrogen-bond donors (Lipinski definition) is 1. The zero-order valence-corrected chi connectivity index (χ0v) is 13.7. The molecule has 0 fully saturated rings. The van der Waals surface area contributed by atoms with Crippen LogP contribution in [0.1, 0.15) is 17.0 Å². The summed E-state index contributed by atoms with van der Waals surface area (Å²) in [7, 11) is 0. The summed E-state index contributed by atoms with van der Waals surface area (Å²) in [5.41, 5.74) is 5.12. The van der Waals surface area contributed by atoms with Gasteiger partial charge in [-0.25, -0.2) is 8.78 Å². The van der Waals surface area contributed by atoms with Crippen LogP contribution in [0.4, 0.5) is 20.2 Å². The molecule has 25 heavy (non-hydrogen) atoms. The summed E-state index contributed by atoms with van der Waals surface area (Å²) in [6.45, 7) is 4.27. The van der Waals surface area contributed by atoms with E-state index in [2.05, 4.69) is 20.4 Å². The summed E-state index contributed by atoms with van der Waals surface area (Å²) in [5.74, 6) is -1.22. The van der Waals surface area contributed by atoms with Crippen LogP contribution >= 0.6 is 0 Å². The summed E-state index contributed by atoms with van der Waals surface area (Å²) in [4.78, 5) is 1.76. The highest BCUT2D eigenvalue weighted by Gasteiger charge is 2.24. The maximum Gasteiger partial charge on any atom is 0.149 e. The average Bonchev–Trinajstić information content (AvgIpc) is 2.93. The van der Waals surface area contributed by atoms with Gasteiger partial charge < -0.3 is 4.90 Å². The van der Waals surface area contributed by atoms with Crippen LogP contribution < -0.4 is 4.90 Å². The van der Waals surface area contributed by atoms with Crippen molar-refractivity contribution in [1.82, 2.24) is 20.4 Å². The number of nitrogens with zero attached hydrogens (tertiary/aromatic N) is 4. The largest absolute Gasteiger partial charge is 0.333 e. The van der Waals surface area contributed by atoms with E-state index in [1.54, 1.807) is 11.1 Å². The molecule has 0 unspecified atom stereocenters. The number of benzene rings is 1. The van der Waals surface area contributed by atoms with Crippen LogP contribution in [0.2, 0.25) is 0 Å². The molecule has 5 nitrogen and oxygen atoms in total. The van der Waals surface area contributed by atoms with E-state index in [0.29, 0.717) is 17.9 Å². The number of aryl methyl sites for hydroxylation is 2. The van der Waals surface area contributed by atoms with Gasteiger partial charge in [0.15, 0.2) is 0 Å². The predicted octanol–water partition coefficient (Wildman–Crippen LogP) is 3.93. The van der Waals surface area contributed by atoms with Crippen molar-refractivity contribution in [1.29, 1.82) is 0 Å². The van der Waals surface area contributed by atoms with Crippen LogP contribution in [0, 0.1) is 25.5 Å². The topological polar surface area (TPSA) is 57.7 Å². The molecule has 4 rings (SSSR count). The molecule has 1 aliphatic rings. The SMILES string of the molecule is Cc1n[nH]c(C)c1-c1nncc2c1C=CCN2c1ccc(F)cc1F. The first-order chi connectivity index (χ1) is 12.1. The molecule has 0 bridgehead atoms. The third-order valence-electron chi connectivity index (χ3n) is 4.30. The number of anilines is 2. The highest BCUT2D eigenvalue weighted by atomic mass is 19.1. The minimum atomic E-state index is -0.615. The number of fused-ring (bicyclic) bond motifs is 1. The second-order valence-electron chi connectivity index (χ2n) is 5.91. The molecular weight excluding hydrogens is 324 g/mol. The minimum absolute atomic E-state index is 0.298. The fourth-order valence-electron chi connectivity index (χ4n) is 3.15. The van der Waals surface area contributed by atoms with Crippen molar-refractivity contribution in [2.75, 3.05) is 11.4 Å². The van der Waals surface area contributed by atoms with Crippen LogP contribution in [-0.2, 0) is 0 Å². The zero-order valence-electron chi connectivity index (χ0n) is 13.7. The van der Waals surface area contributed by atoms with E-state index in [1.165, 1.54) is 12.1 Å². The van der Waals surface area contributed by atoms with Crippen molar-refractivity contribution < 1.29 is 8.78 Å². The van der Waals surface area contributed by atoms with Gasteiger partial charge in [0, 0.05) is 29.4 Å². The molecule has 3 heterocycles. The van der Waals surface area contributed by atoms with Gasteiger partial charge in [0.2, 0.25) is 0 Å². The molecule has 0 atom stereocenters. The Morgan fingerprint density at radius 2 is 2.00 bits per heavy atom. The predicted molar refractivity (Wildman–Crippen MR) is 91.5 cm³/mol. The Hall–Kier alpha value is -3.09. The van der Waals surface area contributed by atoms with E-state index in [1.807, 2.05) is 26.0 Å². The number of rotatable bonds is 2. The smallest absolute Gasteiger partial charge is 0.149 e. The lowest BCUT2D eigenvalue weighted by Crippen LogP contribution is -2.22. The first-order valence-electron chi connectivity index (χ1n) is 7.83. The van der Waals surface area contributed by atoms with Crippen molar-refractivity contribution >= 4 is 17.5 Å². The maximum atomic E-state index is 14.3. The highest BCUT2D eigenvalue weighted by molar-refractivity contribution is 5.86. The highest BCUT2D eigenvalue weighted by Crippen LogP contribution is 2.38. The van der Waals surface area contributed by atoms with Gasteiger partial charge in [0.1, 0.15) is 17.3 Å². The molecule has 0 saturated heterocycles. The summed E-state index contributed by atoms with van der Waals surface area (Å²) in [6.07, 6.45) is 5.46. The molecule has 0 spiro atoms. The zero-order chi connectivity index (χ0) is 17.6. The van der Waals surface area contributed by atoms with Gasteiger partial charge in [0.05, 0.1) is 23.3 Å². The fraction of sp³-hybridized carbons (Fsp3) is 0.167. The quantitative estimate of drug-likeness (QED) is 0.769. The molecule has 1 aliphatic heterocycles. The Bertz CT molecular complexity index is 974. The van der Waals surface area contributed by atoms with Gasteiger partial charge in [0.25, 0.3) is 0 Å². The molecule has 0 amide bonds. The van der Waals surface area contributed by atoms with Gasteiger partial charge in [-0.05, 0) is 26.0 Å². The van der Waals surface area contributed by atoms with E-state index in [-0.39, 0.29) is 0 Å². The molecule has 1 N–H and O–H groups in total. The fourth-order valence-corrected chi connectivity index (χ4v) is 3.15. The Morgan fingerprint density at radius 3 is 2.72 bits per heavy atom. The normalized spacial score (nSPS) is 13.2. The van der Waals surface area contributed by atoms with Gasteiger partial charge in [-0.15, -0.1) is 5.10 Å². The van der Waals surface area contributed by atoms with Crippen LogP contribution in [0.15, 0.2) is 30.5 Å². The van der Waals surface area contributed by atoms with Gasteiger partial charge in [-0.1, -0.05) is 12.2 Å². The Labute approximate surface area is 143 Å². The Morgan fingerprint density at radius 1 is 1.16 bits per heavy atom. The molecule has 0 saturated carbocycles. The van der Waals surface area contributed by atoms with E-state index in [9.17, 15) is 8.78 Å². The van der Waals surface area contributed by atoms with Crippen LogP contribution in [0.5, 0.6) is 0 Å². The van der Waals surface area contributed by atoms with Crippen LogP contribution in [0.3, 0.4) is 0 Å². The average molecular weight is 339 g/mol. The molecule has 0 radical (unpaired) electrons. The lowest BCUT2D eigenvalue weighted by Gasteiger charge is -2.28. The Kier molecular flexibility index (Phi) is 3.56. The van der Waals surface area contributed by atoms with Crippen LogP contribution in [0.25, 0.3) is 17.3 Å². The number of halogens is 2. The molecule has 3 aromatic rings. The number of H-pyrrole nitrogens is 1. The van der Waals surface area contributed by atoms with Crippen molar-refractivity contribution in [3.8, 4) is 11.3 Å². The summed E-state index contributed by atoms with van der Waals surface area (Å²) in [6, 6.07) is 3.56. The lowest BCUT2D eigenvalue weighted by molar-refractivity contribution is 0.583. The molecule has 2 aromatic heterocycles. The van der Waals surface area contributed by atoms with Gasteiger partial charge >= 0.3 is 0 Å². The van der Waals surface area contributed by atoms with Crippen molar-refractivity contribution in [3.05, 3.63) is 59.1 Å². The minimum Gasteiger partial charge on any atom is -0.333 e. The molecule has 1 aromatic carbocycles. The van der Waals surface area contributed by atoms with E-state index >= 15 is 0 Å². The van der Waals surface area contributed by atoms with Gasteiger partial charge in [-0.2, -0.15) is 10.2 Å². The van der Waals surface area contributed by atoms with Crippen molar-refractivity contribution in [2.45, 2.75) is 13.8 Å². The summed E-state index contributed by atoms with van der Waals surface area (Å²) in [5, 5.41) is 15.5. The summed E-state index contributed by atoms with van der Waals surface area (Å²) < 4.78 is 27.5. The third kappa shape index (κ3) is 2.48. The number of hydrogen-bond acceptors (Lipinski definition) is 4. The van der Waals surface area contributed by atoms with Crippen LogP contribution in [-0.4, -0.2) is 26.9 Å². The number of aromatic amines is 1. The molecular formula is C18H15F2N5. The third-order valence-corrected chi connectivity index (χ3v) is 4.30. The molecule has 0 aliphatic carbocycles. The number of nitrogens with one attached hydrogen (secondary N) is 1. The number of aromatic nitrogens is 4. The standard InChI is InChI=1S/C18H15F2N5/c1-10-17(11(2)23-22-10)18-13-4-3-7-25(16(13)9-21-24-18)15-6-5-12(19)8-14(15)20/h3-6,8-9H,7H2,1-2H3,(H,22,23). The first kappa shape index (κ1) is 15.4. The molecule has 7 heteroatoms. The van der Waals surface area contributed by atoms with E-state index in [0.717, 1.165) is 34.3 Å². The first-order valence-corrected chi connectivity index (χ1v) is 7.83. The molecule has 126 valence electrons. The summed E-state index contributed by atoms with van der Waals surface area (Å²) >= 11 is 0. The van der Waals surface area contributed by atoms with Crippen molar-refractivity contribution in [2.24, 2.45) is 0 Å². The van der Waals surface area contributed by atoms with Crippen molar-refractivity contribution in [3.63, 3.8) is 0 Å². The second kappa shape index (κ2) is 5.77. The van der Waals surface area contributed by atoms with E-state index < -0.39 is 11.6 Å². The maximum absolute atomic E-state index is 14.3. The second-order valence-corrected chi connectivity index (χ2v) is 5.91. The monoisotopic (exact) mass is 339 g/mol. The van der Waals surface area contributed by atoms with Gasteiger partial charge in [-0.3, -0.25) is 5.10 Å². The lowest BCUT2D eigenvalue weighted by atomic mass is 10.0.